The summed E-state index contributed by atoms with van der Waals surface area (Å²) in [4.78, 5) is 0. The maximum Gasteiger partial charge on any atom is 0.186 e. The van der Waals surface area contributed by atoms with Crippen molar-refractivity contribution in [3.05, 3.63) is 0 Å². The van der Waals surface area contributed by atoms with Crippen molar-refractivity contribution >= 4 is 0 Å². The second kappa shape index (κ2) is 24.6. The number of aliphatic hydroxyl groups excluding tert-OH is 8. The van der Waals surface area contributed by atoms with Crippen molar-refractivity contribution in [1.29, 1.82) is 0 Å². The quantitative estimate of drug-likeness (QED) is 0.0248. The van der Waals surface area contributed by atoms with Crippen molar-refractivity contribution in [2.45, 2.75) is 171 Å². The first-order valence-electron chi connectivity index (χ1n) is 18.6. The molecule has 0 saturated carbocycles. The smallest absolute Gasteiger partial charge is 0.186 e. The average Bonchev–Trinajstić information content (AvgIpc) is 3.08. The third kappa shape index (κ3) is 15.4. The molecule has 2 rings (SSSR count). The molecule has 14 heteroatoms. The van der Waals surface area contributed by atoms with E-state index in [1.807, 2.05) is 0 Å². The van der Waals surface area contributed by atoms with Gasteiger partial charge in [-0.05, 0) is 25.7 Å². The Balaban J connectivity index is 1.75. The van der Waals surface area contributed by atoms with Crippen LogP contribution in [-0.2, 0) is 18.9 Å². The molecule has 2 aliphatic heterocycles. The van der Waals surface area contributed by atoms with Crippen molar-refractivity contribution in [2.24, 2.45) is 5.84 Å². The summed E-state index contributed by atoms with van der Waals surface area (Å²) in [6, 6.07) is 0. The number of ether oxygens (including phenoxy) is 4. The predicted molar refractivity (Wildman–Crippen MR) is 178 cm³/mol. The summed E-state index contributed by atoms with van der Waals surface area (Å²) < 4.78 is 22.5. The van der Waals surface area contributed by atoms with Gasteiger partial charge in [-0.1, -0.05) is 71.1 Å². The Morgan fingerprint density at radius 3 is 1.17 bits per heavy atom. The van der Waals surface area contributed by atoms with E-state index in [0.29, 0.717) is 30.5 Å². The molecule has 0 radical (unpaired) electrons. The van der Waals surface area contributed by atoms with E-state index in [9.17, 15) is 40.9 Å². The number of unbranched alkanes of at least 4 members (excludes halogenated alkanes) is 13. The Bertz CT molecular complexity index is 751. The minimum atomic E-state index is -1.48. The van der Waals surface area contributed by atoms with E-state index < -0.39 is 74.6 Å². The highest BCUT2D eigenvalue weighted by Crippen LogP contribution is 2.24. The van der Waals surface area contributed by atoms with Crippen LogP contribution in [0.5, 0.6) is 0 Å². The molecule has 10 N–H and O–H groups in total. The molecule has 2 aliphatic rings. The van der Waals surface area contributed by atoms with Crippen LogP contribution in [0.15, 0.2) is 0 Å². The molecular weight excluding hydrogens is 628 g/mol. The number of quaternary nitrogens is 1. The van der Waals surface area contributed by atoms with Crippen LogP contribution in [0.3, 0.4) is 0 Å². The lowest BCUT2D eigenvalue weighted by Gasteiger charge is -2.39. The number of rotatable bonds is 27. The van der Waals surface area contributed by atoms with Crippen LogP contribution in [0.1, 0.15) is 110 Å². The molecule has 0 bridgehead atoms. The SMILES string of the molecule is CCCCCCCCCCCCCC[N+](N)(CCCCO[C@@H]1O[C@H](CO)[C@@H](O)[C@H](O)[C@H]1O)CCCCO[C@@H]1O[C@H](CO)[C@@H](O)[C@H](O)[C@H]1O. The number of aliphatic hydroxyl groups is 8. The molecule has 0 amide bonds. The number of nitrogens with zero attached hydrogens (tertiary/aromatic N) is 1. The lowest BCUT2D eigenvalue weighted by atomic mass is 9.99. The molecule has 286 valence electrons. The highest BCUT2D eigenvalue weighted by atomic mass is 16.7. The first kappa shape index (κ1) is 43.6. The highest BCUT2D eigenvalue weighted by molar-refractivity contribution is 4.89. The lowest BCUT2D eigenvalue weighted by molar-refractivity contribution is -0.940. The summed E-state index contributed by atoms with van der Waals surface area (Å²) in [7, 11) is 0. The Kier molecular flexibility index (Phi) is 22.3. The molecule has 0 aromatic heterocycles. The van der Waals surface area contributed by atoms with Crippen molar-refractivity contribution in [3.8, 4) is 0 Å². The summed E-state index contributed by atoms with van der Waals surface area (Å²) in [5, 5.41) is 79.1. The molecule has 2 saturated heterocycles. The molecular formula is C34H69N2O12+. The van der Waals surface area contributed by atoms with Gasteiger partial charge in [0.25, 0.3) is 0 Å². The van der Waals surface area contributed by atoms with Gasteiger partial charge in [0.15, 0.2) is 12.6 Å². The summed E-state index contributed by atoms with van der Waals surface area (Å²) >= 11 is 0. The van der Waals surface area contributed by atoms with Crippen LogP contribution < -0.4 is 5.84 Å². The van der Waals surface area contributed by atoms with E-state index >= 15 is 0 Å². The fourth-order valence-corrected chi connectivity index (χ4v) is 6.47. The van der Waals surface area contributed by atoms with E-state index in [1.54, 1.807) is 0 Å². The molecule has 0 spiro atoms. The second-order valence-corrected chi connectivity index (χ2v) is 13.8. The molecule has 14 nitrogen and oxygen atoms in total. The van der Waals surface area contributed by atoms with Gasteiger partial charge in [0, 0.05) is 12.8 Å². The van der Waals surface area contributed by atoms with Crippen molar-refractivity contribution in [2.75, 3.05) is 46.1 Å². The standard InChI is InChI=1S/C34H69N2O12/c1-2-3-4-5-6-7-8-9-10-11-12-13-18-36(35,19-14-16-21-45-33-31(43)29(41)27(39)25(23-37)47-33)20-15-17-22-46-34-32(44)30(42)28(40)26(24-38)48-34/h25-34,37-44H,2-24,35H2,1H3/q+1/t25-,26-,27-,28-,29+,30+,31-,32-,33-,34-/m1/s1. The molecule has 10 atom stereocenters. The zero-order chi connectivity index (χ0) is 35.4. The normalized spacial score (nSPS) is 31.4. The zero-order valence-corrected chi connectivity index (χ0v) is 29.3. The van der Waals surface area contributed by atoms with Crippen molar-refractivity contribution in [1.82, 2.24) is 0 Å². The van der Waals surface area contributed by atoms with Gasteiger partial charge in [0.1, 0.15) is 48.8 Å². The number of hydrogen-bond acceptors (Lipinski definition) is 13. The van der Waals surface area contributed by atoms with Gasteiger partial charge < -0.3 is 59.8 Å². The molecule has 48 heavy (non-hydrogen) atoms. The minimum Gasteiger partial charge on any atom is -0.394 e. The fourth-order valence-electron chi connectivity index (χ4n) is 6.47. The second-order valence-electron chi connectivity index (χ2n) is 13.8. The van der Waals surface area contributed by atoms with Crippen LogP contribution in [0.2, 0.25) is 0 Å². The van der Waals surface area contributed by atoms with Crippen molar-refractivity contribution < 1.29 is 64.4 Å². The first-order valence-corrected chi connectivity index (χ1v) is 18.6. The summed E-state index contributed by atoms with van der Waals surface area (Å²) in [6.45, 7) is 3.93. The van der Waals surface area contributed by atoms with E-state index in [2.05, 4.69) is 6.92 Å². The predicted octanol–water partition coefficient (Wildman–Crippen LogP) is 0.571. The van der Waals surface area contributed by atoms with Gasteiger partial charge in [-0.15, -0.1) is 0 Å². The molecule has 0 unspecified atom stereocenters. The van der Waals surface area contributed by atoms with Crippen LogP contribution >= 0.6 is 0 Å². The van der Waals surface area contributed by atoms with Gasteiger partial charge in [0.05, 0.1) is 46.1 Å². The lowest BCUT2D eigenvalue weighted by Crippen LogP contribution is -2.59. The highest BCUT2D eigenvalue weighted by Gasteiger charge is 2.45. The number of hydrogen-bond donors (Lipinski definition) is 9. The largest absolute Gasteiger partial charge is 0.394 e. The average molecular weight is 698 g/mol. The van der Waals surface area contributed by atoms with Gasteiger partial charge in [-0.25, -0.2) is 4.59 Å². The van der Waals surface area contributed by atoms with Crippen LogP contribution in [-0.4, -0.2) is 153 Å². The third-order valence-corrected chi connectivity index (χ3v) is 9.71. The fraction of sp³-hybridized carbons (Fsp3) is 1.00. The van der Waals surface area contributed by atoms with Crippen LogP contribution in [0, 0.1) is 0 Å². The Morgan fingerprint density at radius 1 is 0.479 bits per heavy atom. The maximum atomic E-state index is 10.2. The van der Waals surface area contributed by atoms with Crippen LogP contribution in [0.4, 0.5) is 0 Å². The van der Waals surface area contributed by atoms with Crippen molar-refractivity contribution in [3.63, 3.8) is 0 Å². The number of nitrogens with two attached hydrogens (primary N) is 1. The Hall–Kier alpha value is -0.560. The topological polar surface area (TPSA) is 225 Å². The Labute approximate surface area is 287 Å². The summed E-state index contributed by atoms with van der Waals surface area (Å²) in [6.07, 6.45) is 4.89. The Morgan fingerprint density at radius 2 is 0.812 bits per heavy atom. The monoisotopic (exact) mass is 697 g/mol. The van der Waals surface area contributed by atoms with Gasteiger partial charge >= 0.3 is 0 Å². The van der Waals surface area contributed by atoms with E-state index in [-0.39, 0.29) is 13.2 Å². The summed E-state index contributed by atoms with van der Waals surface area (Å²) in [5.74, 6) is 6.91. The van der Waals surface area contributed by atoms with E-state index in [4.69, 9.17) is 24.8 Å². The molecule has 0 aromatic carbocycles. The van der Waals surface area contributed by atoms with Gasteiger partial charge in [-0.2, -0.15) is 5.84 Å². The third-order valence-electron chi connectivity index (χ3n) is 9.71. The first-order chi connectivity index (χ1) is 23.1. The van der Waals surface area contributed by atoms with Crippen LogP contribution in [0.25, 0.3) is 0 Å². The zero-order valence-electron chi connectivity index (χ0n) is 29.3. The minimum absolute atomic E-state index is 0.244. The van der Waals surface area contributed by atoms with Gasteiger partial charge in [0.2, 0.25) is 0 Å². The molecule has 2 fully saturated rings. The molecule has 2 heterocycles. The van der Waals surface area contributed by atoms with Gasteiger partial charge in [-0.3, -0.25) is 0 Å². The molecule has 0 aromatic rings. The summed E-state index contributed by atoms with van der Waals surface area (Å²) in [5.41, 5.74) is 0. The maximum absolute atomic E-state index is 10.2. The van der Waals surface area contributed by atoms with E-state index in [0.717, 1.165) is 32.2 Å². The molecule has 0 aliphatic carbocycles. The van der Waals surface area contributed by atoms with E-state index in [1.165, 1.54) is 64.2 Å².